The SMILES string of the molecule is C1=C[C]2([Zr][C]34C=CCC(C=C3)C4)C=CC(C1)C2.Cl.Cl. The fourth-order valence-corrected chi connectivity index (χ4v) is 9.73. The van der Waals surface area contributed by atoms with Crippen LogP contribution < -0.4 is 0 Å². The Morgan fingerprint density at radius 2 is 1.21 bits per heavy atom. The Bertz CT molecular complexity index is 415. The Balaban J connectivity index is 0.000000667. The van der Waals surface area contributed by atoms with Crippen LogP contribution in [0.1, 0.15) is 25.7 Å². The molecule has 4 aliphatic carbocycles. The van der Waals surface area contributed by atoms with Crippen LogP contribution in [0, 0.1) is 11.8 Å². The van der Waals surface area contributed by atoms with E-state index in [0.717, 1.165) is 11.8 Å². The standard InChI is InChI=1S/2C8H9.2ClH.Zr/c2*1-2-7-4-5-8(3-1)6-7;;;/h2*1-2,4-5,8H,3,6H2;2*1H;. The number of rotatable bonds is 2. The van der Waals surface area contributed by atoms with Gasteiger partial charge in [0.1, 0.15) is 0 Å². The van der Waals surface area contributed by atoms with Gasteiger partial charge in [0.05, 0.1) is 0 Å². The van der Waals surface area contributed by atoms with Crippen LogP contribution in [0.2, 0.25) is 6.25 Å². The van der Waals surface area contributed by atoms with Crippen molar-refractivity contribution in [2.75, 3.05) is 0 Å². The number of halogens is 2. The third-order valence-electron chi connectivity index (χ3n) is 4.71. The molecule has 0 aromatic heterocycles. The molecule has 0 amide bonds. The molecular formula is C16H20Cl2Zr. The molecule has 4 rings (SSSR count). The third-order valence-corrected chi connectivity index (χ3v) is 9.64. The predicted molar refractivity (Wildman–Crippen MR) is 81.9 cm³/mol. The van der Waals surface area contributed by atoms with E-state index < -0.39 is 23.2 Å². The van der Waals surface area contributed by atoms with Crippen LogP contribution in [0.5, 0.6) is 0 Å². The Labute approximate surface area is 139 Å². The number of fused-ring (bicyclic) bond motifs is 4. The maximum atomic E-state index is 2.58. The van der Waals surface area contributed by atoms with E-state index in [1.165, 1.54) is 25.7 Å². The Morgan fingerprint density at radius 3 is 1.68 bits per heavy atom. The molecule has 4 atom stereocenters. The van der Waals surface area contributed by atoms with Gasteiger partial charge >= 0.3 is 116 Å². The summed E-state index contributed by atoms with van der Waals surface area (Å²) in [7, 11) is 0. The molecule has 0 saturated carbocycles. The van der Waals surface area contributed by atoms with Crippen molar-refractivity contribution in [3.63, 3.8) is 0 Å². The van der Waals surface area contributed by atoms with E-state index in [9.17, 15) is 0 Å². The van der Waals surface area contributed by atoms with Crippen LogP contribution in [0.15, 0.2) is 48.6 Å². The number of hydrogen-bond acceptors (Lipinski definition) is 0. The summed E-state index contributed by atoms with van der Waals surface area (Å²) in [5, 5.41) is 0. The van der Waals surface area contributed by atoms with Crippen LogP contribution in [0.25, 0.3) is 0 Å². The summed E-state index contributed by atoms with van der Waals surface area (Å²) in [5.74, 6) is 1.73. The van der Waals surface area contributed by atoms with Crippen molar-refractivity contribution in [1.29, 1.82) is 0 Å². The maximum Gasteiger partial charge on any atom is -0.147 e. The summed E-state index contributed by atoms with van der Waals surface area (Å²) >= 11 is -0.484. The zero-order valence-electron chi connectivity index (χ0n) is 10.9. The molecule has 19 heavy (non-hydrogen) atoms. The minimum atomic E-state index is -0.484. The van der Waals surface area contributed by atoms with Gasteiger partial charge in [-0.3, -0.25) is 0 Å². The molecule has 0 radical (unpaired) electrons. The normalized spacial score (nSPS) is 43.8. The van der Waals surface area contributed by atoms with E-state index in [0.29, 0.717) is 6.25 Å². The molecule has 0 aliphatic heterocycles. The van der Waals surface area contributed by atoms with Crippen molar-refractivity contribution >= 4 is 24.8 Å². The van der Waals surface area contributed by atoms with Gasteiger partial charge in [-0.25, -0.2) is 0 Å². The molecule has 0 spiro atoms. The molecule has 0 fully saturated rings. The van der Waals surface area contributed by atoms with Gasteiger partial charge in [0.2, 0.25) is 0 Å². The predicted octanol–water partition coefficient (Wildman–Crippen LogP) is 5.30. The largest absolute Gasteiger partial charge is 0.147 e. The van der Waals surface area contributed by atoms with Gasteiger partial charge in [-0.15, -0.1) is 24.8 Å². The molecule has 0 aromatic rings. The quantitative estimate of drug-likeness (QED) is 0.575. The summed E-state index contributed by atoms with van der Waals surface area (Å²) < 4.78 is 1.10. The van der Waals surface area contributed by atoms with Crippen LogP contribution in [0.3, 0.4) is 0 Å². The number of hydrogen-bond donors (Lipinski definition) is 0. The molecule has 0 N–H and O–H groups in total. The van der Waals surface area contributed by atoms with Gasteiger partial charge in [0.15, 0.2) is 0 Å². The molecule has 0 nitrogen and oxygen atoms in total. The van der Waals surface area contributed by atoms with Gasteiger partial charge in [0.25, 0.3) is 0 Å². The molecule has 4 unspecified atom stereocenters. The van der Waals surface area contributed by atoms with E-state index in [1.807, 2.05) is 0 Å². The second-order valence-corrected chi connectivity index (χ2v) is 11.3. The van der Waals surface area contributed by atoms with E-state index >= 15 is 0 Å². The molecule has 0 aromatic carbocycles. The molecule has 4 aliphatic rings. The Hall–Kier alpha value is 0.423. The van der Waals surface area contributed by atoms with Gasteiger partial charge in [-0.2, -0.15) is 0 Å². The van der Waals surface area contributed by atoms with Gasteiger partial charge in [-0.05, 0) is 0 Å². The van der Waals surface area contributed by atoms with Crippen LogP contribution >= 0.6 is 24.8 Å². The minimum Gasteiger partial charge on any atom is -0.147 e. The zero-order valence-corrected chi connectivity index (χ0v) is 15.0. The second-order valence-electron chi connectivity index (χ2n) is 6.13. The average molecular weight is 374 g/mol. The monoisotopic (exact) mass is 372 g/mol. The van der Waals surface area contributed by atoms with Gasteiger partial charge in [-0.1, -0.05) is 0 Å². The van der Waals surface area contributed by atoms with Gasteiger partial charge in [0, 0.05) is 0 Å². The summed E-state index contributed by atoms with van der Waals surface area (Å²) in [4.78, 5) is 0. The minimum absolute atomic E-state index is 0. The van der Waals surface area contributed by atoms with Gasteiger partial charge < -0.3 is 0 Å². The van der Waals surface area contributed by atoms with E-state index in [1.54, 1.807) is 0 Å². The van der Waals surface area contributed by atoms with Crippen LogP contribution in [-0.2, 0) is 23.2 Å². The Morgan fingerprint density at radius 1 is 0.737 bits per heavy atom. The number of allylic oxidation sites excluding steroid dienone is 8. The topological polar surface area (TPSA) is 0 Å². The fraction of sp³-hybridized carbons (Fsp3) is 0.500. The van der Waals surface area contributed by atoms with Crippen LogP contribution in [0.4, 0.5) is 0 Å². The first-order valence-electron chi connectivity index (χ1n) is 6.81. The van der Waals surface area contributed by atoms with Crippen molar-refractivity contribution in [3.05, 3.63) is 48.6 Å². The van der Waals surface area contributed by atoms with Crippen molar-refractivity contribution in [1.82, 2.24) is 0 Å². The maximum absolute atomic E-state index is 2.58. The molecule has 4 bridgehead atoms. The summed E-state index contributed by atoms with van der Waals surface area (Å²) in [5.41, 5.74) is 0. The van der Waals surface area contributed by atoms with E-state index in [-0.39, 0.29) is 24.8 Å². The van der Waals surface area contributed by atoms with Crippen molar-refractivity contribution < 1.29 is 23.2 Å². The van der Waals surface area contributed by atoms with E-state index in [4.69, 9.17) is 0 Å². The van der Waals surface area contributed by atoms with Crippen molar-refractivity contribution in [2.24, 2.45) is 11.8 Å². The fourth-order valence-electron chi connectivity index (χ4n) is 3.93. The molecule has 3 heteroatoms. The van der Waals surface area contributed by atoms with Crippen LogP contribution in [-0.4, -0.2) is 0 Å². The first-order valence-corrected chi connectivity index (χ1v) is 9.27. The summed E-state index contributed by atoms with van der Waals surface area (Å²) in [6.07, 6.45) is 25.6. The smallest absolute Gasteiger partial charge is 0.147 e. The van der Waals surface area contributed by atoms with Crippen molar-refractivity contribution in [3.8, 4) is 0 Å². The molecule has 0 heterocycles. The molecule has 102 valence electrons. The second kappa shape index (κ2) is 5.66. The van der Waals surface area contributed by atoms with E-state index in [2.05, 4.69) is 48.6 Å². The first-order chi connectivity index (χ1) is 8.28. The average Bonchev–Trinajstić information content (AvgIpc) is 2.77. The summed E-state index contributed by atoms with van der Waals surface area (Å²) in [6, 6.07) is 0. The summed E-state index contributed by atoms with van der Waals surface area (Å²) in [6.45, 7) is 0. The first kappa shape index (κ1) is 15.8. The molecule has 0 saturated heterocycles. The third kappa shape index (κ3) is 2.76. The Kier molecular flexibility index (Phi) is 4.71. The zero-order chi connectivity index (χ0) is 11.3. The van der Waals surface area contributed by atoms with Crippen molar-refractivity contribution in [2.45, 2.75) is 31.9 Å². The molecular weight excluding hydrogens is 354 g/mol.